The van der Waals surface area contributed by atoms with Gasteiger partial charge in [0, 0.05) is 17.0 Å². The second-order valence-corrected chi connectivity index (χ2v) is 8.62. The molecule has 0 saturated heterocycles. The molecule has 0 fully saturated rings. The van der Waals surface area contributed by atoms with Crippen molar-refractivity contribution in [2.75, 3.05) is 25.1 Å². The summed E-state index contributed by atoms with van der Waals surface area (Å²) in [5.74, 6) is -0.0640. The number of halogens is 1. The standard InChI is InChI=1S/C28H30FNO5S/c1-4-7-16-35-23-14-8-19(17-24(23)33-5-2)9-15-25(31)30-27-26(28(32)34-6-3)22(18-36-27)20-10-12-21(29)13-11-20/h8-15,17-18H,4-7,16H2,1-3H3,(H,30,31)/b15-9+. The first-order valence-electron chi connectivity index (χ1n) is 11.9. The number of amides is 1. The molecule has 1 heterocycles. The third-order valence-electron chi connectivity index (χ3n) is 5.11. The Labute approximate surface area is 214 Å². The van der Waals surface area contributed by atoms with E-state index in [2.05, 4.69) is 12.2 Å². The fourth-order valence-electron chi connectivity index (χ4n) is 3.37. The van der Waals surface area contributed by atoms with Crippen LogP contribution in [0.1, 0.15) is 49.5 Å². The van der Waals surface area contributed by atoms with Crippen molar-refractivity contribution in [2.45, 2.75) is 33.6 Å². The molecule has 3 rings (SSSR count). The molecule has 8 heteroatoms. The topological polar surface area (TPSA) is 73.9 Å². The molecule has 190 valence electrons. The minimum absolute atomic E-state index is 0.186. The number of carbonyl (C=O) groups is 2. The molecular weight excluding hydrogens is 481 g/mol. The Balaban J connectivity index is 1.79. The van der Waals surface area contributed by atoms with Gasteiger partial charge in [0.25, 0.3) is 0 Å². The third-order valence-corrected chi connectivity index (χ3v) is 6.01. The average molecular weight is 512 g/mol. The Morgan fingerprint density at radius 1 is 1.00 bits per heavy atom. The van der Waals surface area contributed by atoms with Crippen LogP contribution < -0.4 is 14.8 Å². The van der Waals surface area contributed by atoms with Crippen molar-refractivity contribution >= 4 is 34.3 Å². The first kappa shape index (κ1) is 26.9. The number of nitrogens with one attached hydrogen (secondary N) is 1. The molecule has 0 spiro atoms. The second kappa shape index (κ2) is 13.4. The van der Waals surface area contributed by atoms with Gasteiger partial charge in [-0.15, -0.1) is 11.3 Å². The van der Waals surface area contributed by atoms with Crippen molar-refractivity contribution < 1.29 is 28.2 Å². The van der Waals surface area contributed by atoms with Crippen molar-refractivity contribution in [3.63, 3.8) is 0 Å². The lowest BCUT2D eigenvalue weighted by Crippen LogP contribution is -2.12. The van der Waals surface area contributed by atoms with Gasteiger partial charge in [0.15, 0.2) is 11.5 Å². The molecule has 1 N–H and O–H groups in total. The zero-order valence-electron chi connectivity index (χ0n) is 20.6. The number of benzene rings is 2. The number of carbonyl (C=O) groups excluding carboxylic acids is 2. The van der Waals surface area contributed by atoms with Gasteiger partial charge >= 0.3 is 5.97 Å². The molecule has 0 atom stereocenters. The number of rotatable bonds is 12. The normalized spacial score (nSPS) is 10.9. The maximum absolute atomic E-state index is 13.4. The van der Waals surface area contributed by atoms with E-state index in [1.165, 1.54) is 29.5 Å². The quantitative estimate of drug-likeness (QED) is 0.162. The summed E-state index contributed by atoms with van der Waals surface area (Å²) in [4.78, 5) is 25.4. The van der Waals surface area contributed by atoms with Crippen LogP contribution in [0.3, 0.4) is 0 Å². The van der Waals surface area contributed by atoms with Gasteiger partial charge in [-0.3, -0.25) is 4.79 Å². The Kier molecular flexibility index (Phi) is 10.1. The van der Waals surface area contributed by atoms with Gasteiger partial charge in [0.1, 0.15) is 16.4 Å². The summed E-state index contributed by atoms with van der Waals surface area (Å²) >= 11 is 1.20. The van der Waals surface area contributed by atoms with Crippen LogP contribution in [0.4, 0.5) is 9.39 Å². The number of unbranched alkanes of at least 4 members (excludes halogenated alkanes) is 1. The van der Waals surface area contributed by atoms with E-state index in [0.717, 1.165) is 18.4 Å². The Morgan fingerprint density at radius 2 is 1.78 bits per heavy atom. The van der Waals surface area contributed by atoms with Gasteiger partial charge in [-0.1, -0.05) is 31.5 Å². The van der Waals surface area contributed by atoms with Crippen molar-refractivity contribution in [3.05, 3.63) is 70.9 Å². The Morgan fingerprint density at radius 3 is 2.47 bits per heavy atom. The summed E-state index contributed by atoms with van der Waals surface area (Å²) in [6, 6.07) is 11.3. The number of hydrogen-bond acceptors (Lipinski definition) is 6. The van der Waals surface area contributed by atoms with E-state index >= 15 is 0 Å². The van der Waals surface area contributed by atoms with Crippen LogP contribution in [0.25, 0.3) is 17.2 Å². The summed E-state index contributed by atoms with van der Waals surface area (Å²) in [5.41, 5.74) is 2.22. The number of thiophene rings is 1. The minimum atomic E-state index is -0.558. The molecule has 3 aromatic rings. The van der Waals surface area contributed by atoms with Crippen LogP contribution in [0, 0.1) is 5.82 Å². The van der Waals surface area contributed by atoms with Crippen LogP contribution in [0.5, 0.6) is 11.5 Å². The molecule has 0 saturated carbocycles. The predicted molar refractivity (Wildman–Crippen MR) is 141 cm³/mol. The number of anilines is 1. The summed E-state index contributed by atoms with van der Waals surface area (Å²) in [6.07, 6.45) is 5.03. The summed E-state index contributed by atoms with van der Waals surface area (Å²) in [6.45, 7) is 6.99. The summed E-state index contributed by atoms with van der Waals surface area (Å²) in [5, 5.41) is 4.87. The van der Waals surface area contributed by atoms with E-state index in [1.54, 1.807) is 30.5 Å². The van der Waals surface area contributed by atoms with Crippen molar-refractivity contribution in [1.29, 1.82) is 0 Å². The molecule has 0 unspecified atom stereocenters. The van der Waals surface area contributed by atoms with E-state index < -0.39 is 11.9 Å². The van der Waals surface area contributed by atoms with Gasteiger partial charge in [-0.25, -0.2) is 9.18 Å². The largest absolute Gasteiger partial charge is 0.490 e. The molecule has 36 heavy (non-hydrogen) atoms. The zero-order valence-corrected chi connectivity index (χ0v) is 21.5. The Hall–Kier alpha value is -3.65. The monoisotopic (exact) mass is 511 g/mol. The maximum atomic E-state index is 13.4. The lowest BCUT2D eigenvalue weighted by molar-refractivity contribution is -0.111. The van der Waals surface area contributed by atoms with Gasteiger partial charge in [0.2, 0.25) is 5.91 Å². The number of hydrogen-bond donors (Lipinski definition) is 1. The Bertz CT molecular complexity index is 1200. The molecule has 0 aliphatic carbocycles. The summed E-state index contributed by atoms with van der Waals surface area (Å²) in [7, 11) is 0. The van der Waals surface area contributed by atoms with E-state index in [1.807, 2.05) is 25.1 Å². The van der Waals surface area contributed by atoms with Gasteiger partial charge < -0.3 is 19.5 Å². The van der Waals surface area contributed by atoms with E-state index in [9.17, 15) is 14.0 Å². The van der Waals surface area contributed by atoms with Gasteiger partial charge in [-0.05, 0) is 61.7 Å². The van der Waals surface area contributed by atoms with Crippen LogP contribution in [0.2, 0.25) is 0 Å². The second-order valence-electron chi connectivity index (χ2n) is 7.74. The lowest BCUT2D eigenvalue weighted by atomic mass is 10.0. The van der Waals surface area contributed by atoms with Gasteiger partial charge in [-0.2, -0.15) is 0 Å². The van der Waals surface area contributed by atoms with E-state index in [0.29, 0.717) is 40.8 Å². The maximum Gasteiger partial charge on any atom is 0.341 e. The third kappa shape index (κ3) is 7.18. The highest BCUT2D eigenvalue weighted by atomic mass is 32.1. The van der Waals surface area contributed by atoms with Gasteiger partial charge in [0.05, 0.1) is 19.8 Å². The fourth-order valence-corrected chi connectivity index (χ4v) is 4.33. The molecule has 1 aromatic heterocycles. The summed E-state index contributed by atoms with van der Waals surface area (Å²) < 4.78 is 30.1. The minimum Gasteiger partial charge on any atom is -0.490 e. The smallest absolute Gasteiger partial charge is 0.341 e. The van der Waals surface area contributed by atoms with Crippen LogP contribution >= 0.6 is 11.3 Å². The zero-order chi connectivity index (χ0) is 25.9. The highest BCUT2D eigenvalue weighted by Gasteiger charge is 2.22. The first-order valence-corrected chi connectivity index (χ1v) is 12.8. The SMILES string of the molecule is CCCCOc1ccc(/C=C/C(=O)Nc2scc(-c3ccc(F)cc3)c2C(=O)OCC)cc1OCC. The van der Waals surface area contributed by atoms with Crippen LogP contribution in [-0.4, -0.2) is 31.7 Å². The average Bonchev–Trinajstić information content (AvgIpc) is 3.28. The molecular formula is C28H30FNO5S. The lowest BCUT2D eigenvalue weighted by Gasteiger charge is -2.12. The van der Waals surface area contributed by atoms with Crippen LogP contribution in [-0.2, 0) is 9.53 Å². The molecule has 0 radical (unpaired) electrons. The molecule has 1 amide bonds. The number of ether oxygens (including phenoxy) is 3. The fraction of sp³-hybridized carbons (Fsp3) is 0.286. The molecule has 6 nitrogen and oxygen atoms in total. The highest BCUT2D eigenvalue weighted by Crippen LogP contribution is 2.36. The van der Waals surface area contributed by atoms with E-state index in [-0.39, 0.29) is 18.0 Å². The molecule has 2 aromatic carbocycles. The predicted octanol–water partition coefficient (Wildman–Crippen LogP) is 6.96. The molecule has 0 aliphatic rings. The first-order chi connectivity index (χ1) is 17.5. The van der Waals surface area contributed by atoms with Crippen molar-refractivity contribution in [2.24, 2.45) is 0 Å². The van der Waals surface area contributed by atoms with Crippen molar-refractivity contribution in [1.82, 2.24) is 0 Å². The molecule has 0 aliphatic heterocycles. The highest BCUT2D eigenvalue weighted by molar-refractivity contribution is 7.15. The van der Waals surface area contributed by atoms with Crippen molar-refractivity contribution in [3.8, 4) is 22.6 Å². The van der Waals surface area contributed by atoms with Crippen LogP contribution in [0.15, 0.2) is 53.9 Å². The number of esters is 1. The molecule has 0 bridgehead atoms. The van der Waals surface area contributed by atoms with E-state index in [4.69, 9.17) is 14.2 Å².